The summed E-state index contributed by atoms with van der Waals surface area (Å²) in [5.74, 6) is -0.477. The third-order valence-corrected chi connectivity index (χ3v) is 6.13. The van der Waals surface area contributed by atoms with Crippen molar-refractivity contribution in [3.8, 4) is 11.3 Å². The first kappa shape index (κ1) is 16.3. The van der Waals surface area contributed by atoms with Crippen molar-refractivity contribution in [3.05, 3.63) is 59.4 Å². The van der Waals surface area contributed by atoms with Gasteiger partial charge in [-0.25, -0.2) is 9.55 Å². The number of aromatic nitrogens is 2. The van der Waals surface area contributed by atoms with Crippen LogP contribution in [0.1, 0.15) is 56.2 Å². The smallest absolute Gasteiger partial charge is 0.227 e. The lowest BCUT2D eigenvalue weighted by Crippen LogP contribution is -2.31. The van der Waals surface area contributed by atoms with Gasteiger partial charge in [0.15, 0.2) is 11.8 Å². The molecule has 1 fully saturated rings. The second kappa shape index (κ2) is 6.73. The molecule has 0 unspecified atom stereocenters. The average molecular weight is 373 g/mol. The zero-order valence-electron chi connectivity index (χ0n) is 17.9. The van der Waals surface area contributed by atoms with Gasteiger partial charge in [0.05, 0.1) is 5.56 Å². The first-order chi connectivity index (χ1) is 14.0. The van der Waals surface area contributed by atoms with Crippen LogP contribution in [0.4, 0.5) is 0 Å². The Morgan fingerprint density at radius 2 is 1.82 bits per heavy atom. The Kier molecular flexibility index (Phi) is 3.92. The topological polar surface area (TPSA) is 29.9 Å². The van der Waals surface area contributed by atoms with E-state index >= 15 is 0 Å². The zero-order chi connectivity index (χ0) is 20.2. The van der Waals surface area contributed by atoms with E-state index in [1.165, 1.54) is 12.0 Å². The maximum absolute atomic E-state index is 9.08. The van der Waals surface area contributed by atoms with Crippen LogP contribution in [0.2, 0.25) is 0 Å². The molecule has 4 aromatic rings. The summed E-state index contributed by atoms with van der Waals surface area (Å²) in [5.41, 5.74) is 7.01. The fraction of sp³-hybridized carbons (Fsp3) is 0.360. The van der Waals surface area contributed by atoms with Crippen LogP contribution in [0.15, 0.2) is 47.0 Å². The van der Waals surface area contributed by atoms with Crippen molar-refractivity contribution in [2.75, 3.05) is 0 Å². The Morgan fingerprint density at radius 1 is 1.04 bits per heavy atom. The van der Waals surface area contributed by atoms with Gasteiger partial charge in [0, 0.05) is 30.0 Å². The van der Waals surface area contributed by atoms with Crippen molar-refractivity contribution >= 4 is 22.1 Å². The third kappa shape index (κ3) is 2.81. The van der Waals surface area contributed by atoms with Gasteiger partial charge in [-0.05, 0) is 55.8 Å². The molecule has 142 valence electrons. The van der Waals surface area contributed by atoms with Crippen molar-refractivity contribution < 1.29 is 10.4 Å². The number of benzene rings is 1. The molecule has 0 saturated heterocycles. The minimum Gasteiger partial charge on any atom is -0.437 e. The van der Waals surface area contributed by atoms with Crippen LogP contribution in [0.5, 0.6) is 0 Å². The fourth-order valence-electron chi connectivity index (χ4n) is 4.54. The molecule has 0 spiro atoms. The average Bonchev–Trinajstić information content (AvgIpc) is 3.06. The molecule has 1 aliphatic carbocycles. The predicted octanol–water partition coefficient (Wildman–Crippen LogP) is 6.14. The molecule has 28 heavy (non-hydrogen) atoms. The van der Waals surface area contributed by atoms with Crippen molar-refractivity contribution in [2.45, 2.75) is 51.8 Å². The second-order valence-corrected chi connectivity index (χ2v) is 8.12. The maximum atomic E-state index is 9.08. The monoisotopic (exact) mass is 372 g/mol. The summed E-state index contributed by atoms with van der Waals surface area (Å²) in [5, 5.41) is 2.15. The van der Waals surface area contributed by atoms with E-state index in [1.807, 2.05) is 13.0 Å². The van der Waals surface area contributed by atoms with Gasteiger partial charge < -0.3 is 4.42 Å². The summed E-state index contributed by atoms with van der Waals surface area (Å²) in [4.78, 5) is 4.60. The van der Waals surface area contributed by atoms with Gasteiger partial charge in [0.1, 0.15) is 7.05 Å². The number of hydrogen-bond acceptors (Lipinski definition) is 2. The van der Waals surface area contributed by atoms with Crippen LogP contribution >= 0.6 is 0 Å². The van der Waals surface area contributed by atoms with Crippen molar-refractivity contribution in [2.24, 2.45) is 7.05 Å². The van der Waals surface area contributed by atoms with Gasteiger partial charge in [0.25, 0.3) is 0 Å². The van der Waals surface area contributed by atoms with Crippen LogP contribution in [-0.4, -0.2) is 4.98 Å². The lowest BCUT2D eigenvalue weighted by molar-refractivity contribution is -0.660. The lowest BCUT2D eigenvalue weighted by atomic mass is 9.84. The zero-order valence-corrected chi connectivity index (χ0v) is 16.9. The Morgan fingerprint density at radius 3 is 2.64 bits per heavy atom. The summed E-state index contributed by atoms with van der Waals surface area (Å²) in [6, 6.07) is 12.8. The summed E-state index contributed by atoms with van der Waals surface area (Å²) < 4.78 is 17.5. The molecule has 3 heteroatoms. The summed E-state index contributed by atoms with van der Waals surface area (Å²) in [6.07, 6.45) is 7.51. The van der Waals surface area contributed by atoms with E-state index in [9.17, 15) is 0 Å². The van der Waals surface area contributed by atoms with Gasteiger partial charge in [-0.3, -0.25) is 0 Å². The molecule has 0 radical (unpaired) electrons. The highest BCUT2D eigenvalue weighted by Gasteiger charge is 2.24. The van der Waals surface area contributed by atoms with Crippen molar-refractivity contribution in [3.63, 3.8) is 0 Å². The Balaban J connectivity index is 1.76. The molecule has 0 bridgehead atoms. The van der Waals surface area contributed by atoms with Crippen LogP contribution in [0.3, 0.4) is 0 Å². The highest BCUT2D eigenvalue weighted by Crippen LogP contribution is 2.38. The molecule has 0 N–H and O–H groups in total. The highest BCUT2D eigenvalue weighted by atomic mass is 16.3. The van der Waals surface area contributed by atoms with Crippen LogP contribution < -0.4 is 4.57 Å². The number of rotatable bonds is 2. The molecular formula is C25H27N2O+. The molecule has 3 aromatic heterocycles. The Labute approximate surface area is 167 Å². The van der Waals surface area contributed by atoms with E-state index in [4.69, 9.17) is 5.79 Å². The van der Waals surface area contributed by atoms with Gasteiger partial charge in [-0.15, -0.1) is 0 Å². The van der Waals surface area contributed by atoms with Crippen LogP contribution in [0.25, 0.3) is 33.3 Å². The second-order valence-electron chi connectivity index (χ2n) is 8.12. The van der Waals surface area contributed by atoms with Crippen molar-refractivity contribution in [1.29, 1.82) is 0 Å². The quantitative estimate of drug-likeness (QED) is 0.396. The Bertz CT molecular complexity index is 1230. The van der Waals surface area contributed by atoms with E-state index < -0.39 is 5.89 Å². The fourth-order valence-corrected chi connectivity index (χ4v) is 4.54. The Hall–Kier alpha value is -2.68. The van der Waals surface area contributed by atoms with E-state index in [0.29, 0.717) is 5.71 Å². The number of hydrogen-bond donors (Lipinski definition) is 0. The third-order valence-electron chi connectivity index (χ3n) is 6.13. The largest absolute Gasteiger partial charge is 0.437 e. The number of pyridine rings is 2. The molecule has 3 nitrogen and oxygen atoms in total. The number of furan rings is 1. The maximum Gasteiger partial charge on any atom is 0.227 e. The van der Waals surface area contributed by atoms with E-state index in [0.717, 1.165) is 64.6 Å². The van der Waals surface area contributed by atoms with E-state index in [-0.39, 0.29) is 0 Å². The molecule has 1 saturated carbocycles. The molecule has 3 heterocycles. The molecule has 5 rings (SSSR count). The van der Waals surface area contributed by atoms with Crippen LogP contribution in [-0.2, 0) is 7.05 Å². The first-order valence-electron chi connectivity index (χ1n) is 10.8. The molecule has 0 aliphatic heterocycles. The predicted molar refractivity (Wildman–Crippen MR) is 113 cm³/mol. The first-order valence-corrected chi connectivity index (χ1v) is 10.3. The molecule has 0 atom stereocenters. The van der Waals surface area contributed by atoms with Crippen molar-refractivity contribution in [1.82, 2.24) is 4.98 Å². The number of nitrogens with zero attached hydrogens (tertiary/aromatic N) is 2. The van der Waals surface area contributed by atoms with E-state index in [2.05, 4.69) is 60.1 Å². The minimum atomic E-state index is -0.477. The standard InChI is InChI=1S/C25H27N2O/c1-16-9-11-20-21-12-10-17(2)26-25(21)28-24(20)23(16)22-15-19(13-14-27(22)3)18-7-5-4-6-8-18/h9-15,18H,4-8H2,1-3H3/q+1/i18D. The number of aryl methyl sites for hydroxylation is 3. The SMILES string of the molecule is [2H]C1(c2cc[n+](C)c(-c3c(C)ccc4c3oc3nc(C)ccc34)c2)CCCCC1. The van der Waals surface area contributed by atoms with E-state index in [1.54, 1.807) is 0 Å². The molecule has 0 amide bonds. The summed E-state index contributed by atoms with van der Waals surface area (Å²) in [7, 11) is 2.07. The molecule has 1 aliphatic rings. The number of fused-ring (bicyclic) bond motifs is 3. The van der Waals surface area contributed by atoms with Crippen LogP contribution in [0, 0.1) is 13.8 Å². The van der Waals surface area contributed by atoms with Gasteiger partial charge in [0.2, 0.25) is 11.4 Å². The normalized spacial score (nSPS) is 17.2. The van der Waals surface area contributed by atoms with Gasteiger partial charge in [-0.1, -0.05) is 31.4 Å². The molecular weight excluding hydrogens is 344 g/mol. The lowest BCUT2D eigenvalue weighted by Gasteiger charge is -2.21. The minimum absolute atomic E-state index is 0.477. The highest BCUT2D eigenvalue weighted by molar-refractivity contribution is 6.08. The summed E-state index contributed by atoms with van der Waals surface area (Å²) >= 11 is 0. The summed E-state index contributed by atoms with van der Waals surface area (Å²) in [6.45, 7) is 4.12. The van der Waals surface area contributed by atoms with Gasteiger partial charge >= 0.3 is 0 Å². The van der Waals surface area contributed by atoms with Gasteiger partial charge in [-0.2, -0.15) is 0 Å². The molecule has 1 aromatic carbocycles.